The van der Waals surface area contributed by atoms with E-state index in [0.29, 0.717) is 5.75 Å². The quantitative estimate of drug-likeness (QED) is 0.875. The lowest BCUT2D eigenvalue weighted by Crippen LogP contribution is -2.01. The third kappa shape index (κ3) is 2.76. The molecule has 0 aliphatic rings. The zero-order valence-electron chi connectivity index (χ0n) is 9.82. The maximum absolute atomic E-state index is 9.31. The second-order valence-electron chi connectivity index (χ2n) is 3.19. The summed E-state index contributed by atoms with van der Waals surface area (Å²) < 4.78 is 15.1. The molecule has 2 rings (SSSR count). The van der Waals surface area contributed by atoms with Crippen molar-refractivity contribution in [3.05, 3.63) is 24.3 Å². The van der Waals surface area contributed by atoms with E-state index < -0.39 is 0 Å². The van der Waals surface area contributed by atoms with Gasteiger partial charge in [0, 0.05) is 6.07 Å². The Morgan fingerprint density at radius 3 is 2.11 bits per heavy atom. The number of ether oxygens (including phenoxy) is 3. The summed E-state index contributed by atoms with van der Waals surface area (Å²) in [6.45, 7) is 0. The van der Waals surface area contributed by atoms with Crippen LogP contribution in [-0.4, -0.2) is 34.3 Å². The molecule has 0 atom stereocenters. The number of aromatic hydroxyl groups is 1. The van der Waals surface area contributed by atoms with Gasteiger partial charge in [-0.1, -0.05) is 6.07 Å². The summed E-state index contributed by atoms with van der Waals surface area (Å²) in [5, 5.41) is 9.31. The van der Waals surface area contributed by atoms with E-state index >= 15 is 0 Å². The van der Waals surface area contributed by atoms with Crippen molar-refractivity contribution in [3.8, 4) is 29.5 Å². The van der Waals surface area contributed by atoms with E-state index in [9.17, 15) is 5.11 Å². The van der Waals surface area contributed by atoms with Crippen molar-refractivity contribution in [2.45, 2.75) is 0 Å². The van der Waals surface area contributed by atoms with Crippen LogP contribution in [0.25, 0.3) is 0 Å². The monoisotopic (exact) mass is 249 g/mol. The summed E-state index contributed by atoms with van der Waals surface area (Å²) in [4.78, 5) is 11.6. The smallest absolute Gasteiger partial charge is 0.331 e. The highest BCUT2D eigenvalue weighted by Crippen LogP contribution is 2.23. The van der Waals surface area contributed by atoms with E-state index in [2.05, 4.69) is 15.0 Å². The maximum Gasteiger partial charge on any atom is 0.331 e. The normalized spacial score (nSPS) is 9.89. The highest BCUT2D eigenvalue weighted by Gasteiger charge is 2.09. The minimum atomic E-state index is 0.0179. The largest absolute Gasteiger partial charge is 0.508 e. The van der Waals surface area contributed by atoms with Crippen molar-refractivity contribution in [2.24, 2.45) is 0 Å². The first-order valence-electron chi connectivity index (χ1n) is 5.02. The number of rotatable bonds is 4. The number of hydrogen-bond donors (Lipinski definition) is 1. The average Bonchev–Trinajstić information content (AvgIpc) is 2.38. The van der Waals surface area contributed by atoms with Crippen LogP contribution in [0.5, 0.6) is 29.5 Å². The summed E-state index contributed by atoms with van der Waals surface area (Å²) in [6, 6.07) is 6.44. The number of methoxy groups -OCH3 is 2. The molecule has 0 bridgehead atoms. The number of phenols is 1. The molecule has 1 aromatic carbocycles. The predicted octanol–water partition coefficient (Wildman–Crippen LogP) is 1.39. The molecule has 0 saturated carbocycles. The second-order valence-corrected chi connectivity index (χ2v) is 3.19. The molecular weight excluding hydrogens is 238 g/mol. The fourth-order valence-corrected chi connectivity index (χ4v) is 1.20. The molecule has 0 aliphatic carbocycles. The number of hydrogen-bond acceptors (Lipinski definition) is 7. The van der Waals surface area contributed by atoms with Crippen molar-refractivity contribution in [1.82, 2.24) is 15.0 Å². The van der Waals surface area contributed by atoms with Crippen LogP contribution in [0.3, 0.4) is 0 Å². The average molecular weight is 249 g/mol. The Bertz CT molecular complexity index is 525. The Hall–Kier alpha value is -2.57. The first kappa shape index (κ1) is 11.9. The Balaban J connectivity index is 2.28. The van der Waals surface area contributed by atoms with Crippen LogP contribution < -0.4 is 14.2 Å². The van der Waals surface area contributed by atoms with Gasteiger partial charge in [-0.05, 0) is 12.1 Å². The molecule has 0 aliphatic heterocycles. The molecule has 18 heavy (non-hydrogen) atoms. The van der Waals surface area contributed by atoms with Crippen molar-refractivity contribution in [1.29, 1.82) is 0 Å². The van der Waals surface area contributed by atoms with Crippen LogP contribution in [0.4, 0.5) is 0 Å². The lowest BCUT2D eigenvalue weighted by molar-refractivity contribution is 0.320. The minimum Gasteiger partial charge on any atom is -0.508 e. The van der Waals surface area contributed by atoms with Crippen molar-refractivity contribution >= 4 is 0 Å². The highest BCUT2D eigenvalue weighted by atomic mass is 16.5. The number of phenolic OH excluding ortho intramolecular Hbond substituents is 1. The third-order valence-corrected chi connectivity index (χ3v) is 1.97. The predicted molar refractivity (Wildman–Crippen MR) is 61.1 cm³/mol. The van der Waals surface area contributed by atoms with Crippen LogP contribution >= 0.6 is 0 Å². The Morgan fingerprint density at radius 2 is 1.56 bits per heavy atom. The van der Waals surface area contributed by atoms with Gasteiger partial charge in [-0.25, -0.2) is 0 Å². The van der Waals surface area contributed by atoms with E-state index in [1.807, 2.05) is 0 Å². The summed E-state index contributed by atoms with van der Waals surface area (Å²) in [5.41, 5.74) is 0. The van der Waals surface area contributed by atoms with Gasteiger partial charge in [0.25, 0.3) is 0 Å². The van der Waals surface area contributed by atoms with E-state index in [0.717, 1.165) is 0 Å². The Morgan fingerprint density at radius 1 is 0.944 bits per heavy atom. The minimum absolute atomic E-state index is 0.0179. The molecule has 7 nitrogen and oxygen atoms in total. The van der Waals surface area contributed by atoms with Crippen LogP contribution in [0.1, 0.15) is 0 Å². The Labute approximate surface area is 103 Å². The van der Waals surface area contributed by atoms with Crippen molar-refractivity contribution in [2.75, 3.05) is 14.2 Å². The third-order valence-electron chi connectivity index (χ3n) is 1.97. The molecule has 0 spiro atoms. The zero-order chi connectivity index (χ0) is 13.0. The topological polar surface area (TPSA) is 86.6 Å². The molecule has 0 saturated heterocycles. The molecule has 0 amide bonds. The molecular formula is C11H11N3O4. The number of nitrogens with zero attached hydrogens (tertiary/aromatic N) is 3. The van der Waals surface area contributed by atoms with Gasteiger partial charge in [-0.2, -0.15) is 0 Å². The SMILES string of the molecule is COc1nc(OC)nc(Oc2cccc(O)c2)n1. The first-order valence-corrected chi connectivity index (χ1v) is 5.02. The molecule has 1 aromatic heterocycles. The van der Waals surface area contributed by atoms with Crippen molar-refractivity contribution < 1.29 is 19.3 Å². The maximum atomic E-state index is 9.31. The van der Waals surface area contributed by atoms with Gasteiger partial charge in [-0.3, -0.25) is 0 Å². The Kier molecular flexibility index (Phi) is 3.42. The van der Waals surface area contributed by atoms with Crippen LogP contribution in [0.15, 0.2) is 24.3 Å². The highest BCUT2D eigenvalue weighted by molar-refractivity contribution is 5.33. The molecule has 94 valence electrons. The van der Waals surface area contributed by atoms with Crippen LogP contribution in [-0.2, 0) is 0 Å². The van der Waals surface area contributed by atoms with Gasteiger partial charge in [0.15, 0.2) is 0 Å². The van der Waals surface area contributed by atoms with Gasteiger partial charge >= 0.3 is 18.0 Å². The zero-order valence-corrected chi connectivity index (χ0v) is 9.82. The van der Waals surface area contributed by atoms with Gasteiger partial charge in [0.1, 0.15) is 11.5 Å². The standard InChI is InChI=1S/C11H11N3O4/c1-16-9-12-10(17-2)14-11(13-9)18-8-5-3-4-7(15)6-8/h3-6,15H,1-2H3. The van der Waals surface area contributed by atoms with Gasteiger partial charge in [0.2, 0.25) is 0 Å². The molecule has 0 fully saturated rings. The number of aromatic nitrogens is 3. The van der Waals surface area contributed by atoms with E-state index in [1.165, 1.54) is 26.4 Å². The van der Waals surface area contributed by atoms with Crippen molar-refractivity contribution in [3.63, 3.8) is 0 Å². The summed E-state index contributed by atoms with van der Waals surface area (Å²) in [5.74, 6) is 0.478. The van der Waals surface area contributed by atoms with Gasteiger partial charge in [0.05, 0.1) is 14.2 Å². The van der Waals surface area contributed by atoms with E-state index in [1.54, 1.807) is 12.1 Å². The lowest BCUT2D eigenvalue weighted by atomic mass is 10.3. The van der Waals surface area contributed by atoms with E-state index in [-0.39, 0.29) is 23.8 Å². The fourth-order valence-electron chi connectivity index (χ4n) is 1.20. The molecule has 1 N–H and O–H groups in total. The van der Waals surface area contributed by atoms with Crippen LogP contribution in [0.2, 0.25) is 0 Å². The summed E-state index contributed by atoms with van der Waals surface area (Å²) in [6.07, 6.45) is 0. The van der Waals surface area contributed by atoms with Gasteiger partial charge < -0.3 is 19.3 Å². The summed E-state index contributed by atoms with van der Waals surface area (Å²) in [7, 11) is 2.85. The molecule has 0 unspecified atom stereocenters. The second kappa shape index (κ2) is 5.17. The number of benzene rings is 1. The lowest BCUT2D eigenvalue weighted by Gasteiger charge is -2.06. The van der Waals surface area contributed by atoms with Crippen LogP contribution in [0, 0.1) is 0 Å². The van der Waals surface area contributed by atoms with Gasteiger partial charge in [-0.15, -0.1) is 15.0 Å². The fraction of sp³-hybridized carbons (Fsp3) is 0.182. The molecule has 7 heteroatoms. The molecule has 0 radical (unpaired) electrons. The molecule has 2 aromatic rings. The first-order chi connectivity index (χ1) is 8.71. The molecule has 1 heterocycles. The summed E-state index contributed by atoms with van der Waals surface area (Å²) >= 11 is 0. The van der Waals surface area contributed by atoms with E-state index in [4.69, 9.17) is 14.2 Å².